The van der Waals surface area contributed by atoms with Crippen LogP contribution in [0, 0.1) is 0 Å². The first-order valence-corrected chi connectivity index (χ1v) is 8.73. The molecule has 0 unspecified atom stereocenters. The van der Waals surface area contributed by atoms with Crippen molar-refractivity contribution >= 4 is 26.9 Å². The first-order chi connectivity index (χ1) is 10.0. The van der Waals surface area contributed by atoms with E-state index >= 15 is 0 Å². The van der Waals surface area contributed by atoms with Crippen molar-refractivity contribution < 1.29 is 8.42 Å². The summed E-state index contributed by atoms with van der Waals surface area (Å²) in [5.74, 6) is 0.699. The molecule has 1 aromatic heterocycles. The van der Waals surface area contributed by atoms with E-state index in [1.54, 1.807) is 0 Å². The lowest BCUT2D eigenvalue weighted by molar-refractivity contribution is 0.385. The molecule has 0 bridgehead atoms. The Kier molecular flexibility index (Phi) is 3.89. The third-order valence-corrected chi connectivity index (χ3v) is 5.18. The largest absolute Gasteiger partial charge is 0.344 e. The first kappa shape index (κ1) is 14.4. The van der Waals surface area contributed by atoms with Crippen molar-refractivity contribution in [3.8, 4) is 11.4 Å². The maximum absolute atomic E-state index is 11.3. The van der Waals surface area contributed by atoms with Crippen molar-refractivity contribution in [3.63, 3.8) is 0 Å². The fraction of sp³-hybridized carbons (Fsp3) is 0.333. The fourth-order valence-electron chi connectivity index (χ4n) is 2.18. The molecule has 0 saturated carbocycles. The summed E-state index contributed by atoms with van der Waals surface area (Å²) >= 11 is 1.33. The van der Waals surface area contributed by atoms with Crippen LogP contribution in [0.5, 0.6) is 0 Å². The van der Waals surface area contributed by atoms with Crippen molar-refractivity contribution in [1.29, 1.82) is 0 Å². The molecule has 3 rings (SSSR count). The van der Waals surface area contributed by atoms with Crippen molar-refractivity contribution in [1.82, 2.24) is 13.7 Å². The van der Waals surface area contributed by atoms with Gasteiger partial charge in [-0.2, -0.15) is 22.1 Å². The van der Waals surface area contributed by atoms with Gasteiger partial charge in [0.25, 0.3) is 10.2 Å². The summed E-state index contributed by atoms with van der Waals surface area (Å²) in [6, 6.07) is 9.76. The van der Waals surface area contributed by atoms with Gasteiger partial charge < -0.3 is 4.90 Å². The van der Waals surface area contributed by atoms with E-state index in [1.807, 2.05) is 35.2 Å². The second kappa shape index (κ2) is 5.68. The van der Waals surface area contributed by atoms with Gasteiger partial charge in [-0.1, -0.05) is 30.3 Å². The Morgan fingerprint density at radius 1 is 1.10 bits per heavy atom. The highest BCUT2D eigenvalue weighted by Crippen LogP contribution is 2.24. The molecule has 0 radical (unpaired) electrons. The fourth-order valence-corrected chi connectivity index (χ4v) is 3.59. The van der Waals surface area contributed by atoms with Gasteiger partial charge in [-0.25, -0.2) is 5.14 Å². The Balaban J connectivity index is 1.71. The number of benzene rings is 1. The summed E-state index contributed by atoms with van der Waals surface area (Å²) in [7, 11) is -3.60. The standard InChI is InChI=1S/C12H15N5O2S2/c13-21(18,19)17-8-6-16(7-9-17)12-14-11(15-20-12)10-4-2-1-3-5-10/h1-5H,6-9H2,(H2,13,18,19). The highest BCUT2D eigenvalue weighted by Gasteiger charge is 2.25. The Hall–Kier alpha value is -1.55. The Labute approximate surface area is 127 Å². The molecule has 112 valence electrons. The van der Waals surface area contributed by atoms with Gasteiger partial charge in [-0.15, -0.1) is 0 Å². The molecule has 0 spiro atoms. The van der Waals surface area contributed by atoms with Gasteiger partial charge in [-0.05, 0) is 0 Å². The summed E-state index contributed by atoms with van der Waals surface area (Å²) in [6.07, 6.45) is 0. The highest BCUT2D eigenvalue weighted by molar-refractivity contribution is 7.86. The molecule has 7 nitrogen and oxygen atoms in total. The average molecular weight is 325 g/mol. The van der Waals surface area contributed by atoms with Crippen LogP contribution in [0.2, 0.25) is 0 Å². The van der Waals surface area contributed by atoms with E-state index in [4.69, 9.17) is 5.14 Å². The molecule has 9 heteroatoms. The van der Waals surface area contributed by atoms with E-state index < -0.39 is 10.2 Å². The lowest BCUT2D eigenvalue weighted by Crippen LogP contribution is -2.50. The van der Waals surface area contributed by atoms with E-state index in [-0.39, 0.29) is 0 Å². The van der Waals surface area contributed by atoms with Gasteiger partial charge in [0, 0.05) is 43.3 Å². The maximum Gasteiger partial charge on any atom is 0.277 e. The number of hydrogen-bond acceptors (Lipinski definition) is 6. The molecule has 1 aliphatic heterocycles. The maximum atomic E-state index is 11.3. The minimum atomic E-state index is -3.60. The van der Waals surface area contributed by atoms with Crippen LogP contribution in [0.25, 0.3) is 11.4 Å². The van der Waals surface area contributed by atoms with E-state index in [1.165, 1.54) is 15.8 Å². The zero-order valence-electron chi connectivity index (χ0n) is 11.2. The minimum absolute atomic E-state index is 0.374. The zero-order chi connectivity index (χ0) is 14.9. The summed E-state index contributed by atoms with van der Waals surface area (Å²) in [4.78, 5) is 6.56. The molecule has 21 heavy (non-hydrogen) atoms. The van der Waals surface area contributed by atoms with E-state index in [0.717, 1.165) is 10.7 Å². The lowest BCUT2D eigenvalue weighted by Gasteiger charge is -2.32. The van der Waals surface area contributed by atoms with Gasteiger partial charge >= 0.3 is 0 Å². The molecular weight excluding hydrogens is 310 g/mol. The topological polar surface area (TPSA) is 92.4 Å². The third kappa shape index (κ3) is 3.21. The minimum Gasteiger partial charge on any atom is -0.344 e. The Morgan fingerprint density at radius 3 is 2.38 bits per heavy atom. The number of piperazine rings is 1. The third-order valence-electron chi connectivity index (χ3n) is 3.32. The van der Waals surface area contributed by atoms with E-state index in [2.05, 4.69) is 9.36 Å². The van der Waals surface area contributed by atoms with Gasteiger partial charge in [0.2, 0.25) is 5.13 Å². The second-order valence-electron chi connectivity index (χ2n) is 4.70. The number of nitrogens with zero attached hydrogens (tertiary/aromatic N) is 4. The Bertz CT molecular complexity index is 708. The summed E-state index contributed by atoms with van der Waals surface area (Å²) < 4.78 is 28.2. The average Bonchev–Trinajstić information content (AvgIpc) is 2.97. The van der Waals surface area contributed by atoms with Crippen molar-refractivity contribution in [2.45, 2.75) is 0 Å². The van der Waals surface area contributed by atoms with Crippen LogP contribution < -0.4 is 10.0 Å². The quantitative estimate of drug-likeness (QED) is 0.888. The predicted octanol–water partition coefficient (Wildman–Crippen LogP) is 0.531. The second-order valence-corrected chi connectivity index (χ2v) is 6.97. The van der Waals surface area contributed by atoms with Crippen LogP contribution in [-0.4, -0.2) is 48.3 Å². The van der Waals surface area contributed by atoms with Crippen LogP contribution in [0.4, 0.5) is 5.13 Å². The molecule has 1 saturated heterocycles. The van der Waals surface area contributed by atoms with E-state index in [9.17, 15) is 8.42 Å². The molecule has 1 fully saturated rings. The molecule has 2 heterocycles. The van der Waals surface area contributed by atoms with Gasteiger partial charge in [0.1, 0.15) is 0 Å². The van der Waals surface area contributed by atoms with Gasteiger partial charge in [-0.3, -0.25) is 0 Å². The number of rotatable bonds is 3. The molecule has 2 aromatic rings. The number of aromatic nitrogens is 2. The molecule has 0 aliphatic carbocycles. The lowest BCUT2D eigenvalue weighted by atomic mass is 10.2. The summed E-state index contributed by atoms with van der Waals surface area (Å²) in [6.45, 7) is 1.89. The molecule has 1 aromatic carbocycles. The molecule has 1 aliphatic rings. The Morgan fingerprint density at radius 2 is 1.76 bits per heavy atom. The summed E-state index contributed by atoms with van der Waals surface area (Å²) in [5, 5.41) is 5.94. The number of hydrogen-bond donors (Lipinski definition) is 1. The van der Waals surface area contributed by atoms with Crippen LogP contribution in [0.1, 0.15) is 0 Å². The monoisotopic (exact) mass is 325 g/mol. The van der Waals surface area contributed by atoms with Crippen molar-refractivity contribution in [2.75, 3.05) is 31.1 Å². The molecular formula is C12H15N5O2S2. The van der Waals surface area contributed by atoms with Gasteiger partial charge in [0.15, 0.2) is 5.82 Å². The summed E-state index contributed by atoms with van der Waals surface area (Å²) in [5.41, 5.74) is 0.975. The van der Waals surface area contributed by atoms with E-state index in [0.29, 0.717) is 32.0 Å². The van der Waals surface area contributed by atoms with Crippen LogP contribution >= 0.6 is 11.5 Å². The van der Waals surface area contributed by atoms with Crippen molar-refractivity contribution in [2.24, 2.45) is 5.14 Å². The smallest absolute Gasteiger partial charge is 0.277 e. The predicted molar refractivity (Wildman–Crippen MR) is 82.2 cm³/mol. The van der Waals surface area contributed by atoms with Crippen LogP contribution in [0.3, 0.4) is 0 Å². The van der Waals surface area contributed by atoms with Crippen molar-refractivity contribution in [3.05, 3.63) is 30.3 Å². The molecule has 0 amide bonds. The molecule has 2 N–H and O–H groups in total. The SMILES string of the molecule is NS(=O)(=O)N1CCN(c2nc(-c3ccccc3)ns2)CC1. The van der Waals surface area contributed by atoms with Gasteiger partial charge in [0.05, 0.1) is 0 Å². The zero-order valence-corrected chi connectivity index (χ0v) is 12.8. The number of anilines is 1. The van der Waals surface area contributed by atoms with Crippen LogP contribution in [-0.2, 0) is 10.2 Å². The molecule has 0 atom stereocenters. The number of nitrogens with two attached hydrogens (primary N) is 1. The normalized spacial score (nSPS) is 17.1. The highest BCUT2D eigenvalue weighted by atomic mass is 32.2. The van der Waals surface area contributed by atoms with Crippen LogP contribution in [0.15, 0.2) is 30.3 Å². The first-order valence-electron chi connectivity index (χ1n) is 6.46.